The Kier molecular flexibility index (Phi) is 9.00. The van der Waals surface area contributed by atoms with Gasteiger partial charge in [-0.05, 0) is 91.7 Å². The van der Waals surface area contributed by atoms with Gasteiger partial charge in [-0.15, -0.1) is 0 Å². The highest BCUT2D eigenvalue weighted by atomic mass is 33.1. The molecule has 5 aliphatic rings. The Hall–Kier alpha value is -3.32. The summed E-state index contributed by atoms with van der Waals surface area (Å²) in [5.41, 5.74) is 6.78. The molecule has 2 aliphatic heterocycles. The number of phenolic OH excluding ortho intramolecular Hbond substituents is 2. The highest BCUT2D eigenvalue weighted by Crippen LogP contribution is 2.58. The molecular formula is C40H44O7S2. The summed E-state index contributed by atoms with van der Waals surface area (Å²) in [6.45, 7) is 2.33. The predicted molar refractivity (Wildman–Crippen MR) is 195 cm³/mol. The van der Waals surface area contributed by atoms with Crippen molar-refractivity contribution in [2.24, 2.45) is 5.92 Å². The zero-order valence-electron chi connectivity index (χ0n) is 28.3. The van der Waals surface area contributed by atoms with E-state index < -0.39 is 12.2 Å². The van der Waals surface area contributed by atoms with Gasteiger partial charge in [-0.1, -0.05) is 52.8 Å². The molecule has 0 radical (unpaired) electrons. The lowest BCUT2D eigenvalue weighted by molar-refractivity contribution is 0.000868. The van der Waals surface area contributed by atoms with Gasteiger partial charge >= 0.3 is 0 Å². The van der Waals surface area contributed by atoms with Crippen molar-refractivity contribution in [3.05, 3.63) is 58.1 Å². The fourth-order valence-electron chi connectivity index (χ4n) is 8.73. The van der Waals surface area contributed by atoms with Gasteiger partial charge in [-0.3, -0.25) is 0 Å². The average molecular weight is 701 g/mol. The molecule has 0 saturated heterocycles. The molecule has 258 valence electrons. The van der Waals surface area contributed by atoms with Gasteiger partial charge in [0.15, 0.2) is 17.6 Å². The summed E-state index contributed by atoms with van der Waals surface area (Å²) in [6, 6.07) is 9.53. The minimum Gasteiger partial charge on any atom is -0.508 e. The molecule has 6 atom stereocenters. The van der Waals surface area contributed by atoms with Gasteiger partial charge in [-0.25, -0.2) is 0 Å². The van der Waals surface area contributed by atoms with Crippen LogP contribution in [0.3, 0.4) is 0 Å². The summed E-state index contributed by atoms with van der Waals surface area (Å²) in [5, 5.41) is 34.5. The number of aliphatic hydroxyl groups is 1. The Morgan fingerprint density at radius 2 is 1.76 bits per heavy atom. The first-order valence-corrected chi connectivity index (χ1v) is 20.0. The number of rotatable bonds is 4. The van der Waals surface area contributed by atoms with Crippen molar-refractivity contribution >= 4 is 21.6 Å². The molecule has 0 aromatic heterocycles. The van der Waals surface area contributed by atoms with Crippen LogP contribution in [0.4, 0.5) is 0 Å². The van der Waals surface area contributed by atoms with E-state index in [2.05, 4.69) is 18.8 Å². The van der Waals surface area contributed by atoms with E-state index in [0.717, 1.165) is 90.5 Å². The zero-order chi connectivity index (χ0) is 33.8. The van der Waals surface area contributed by atoms with E-state index in [9.17, 15) is 15.3 Å². The van der Waals surface area contributed by atoms with Gasteiger partial charge in [-0.2, -0.15) is 0 Å². The summed E-state index contributed by atoms with van der Waals surface area (Å²) in [7, 11) is 6.83. The number of fused-ring (bicyclic) bond motifs is 7. The van der Waals surface area contributed by atoms with Gasteiger partial charge in [0.2, 0.25) is 5.75 Å². The number of hydrogen-bond acceptors (Lipinski definition) is 9. The number of aliphatic hydroxyl groups excluding tert-OH is 1. The molecule has 4 bridgehead atoms. The van der Waals surface area contributed by atoms with E-state index >= 15 is 0 Å². The quantitative estimate of drug-likeness (QED) is 0.183. The molecule has 0 amide bonds. The van der Waals surface area contributed by atoms with Gasteiger partial charge < -0.3 is 34.3 Å². The molecule has 6 unspecified atom stereocenters. The van der Waals surface area contributed by atoms with Crippen LogP contribution in [0.1, 0.15) is 97.6 Å². The number of hydrogen-bond donors (Lipinski definition) is 3. The van der Waals surface area contributed by atoms with Crippen LogP contribution in [0.15, 0.2) is 30.3 Å². The van der Waals surface area contributed by atoms with Crippen LogP contribution in [0.25, 0.3) is 11.1 Å². The van der Waals surface area contributed by atoms with Gasteiger partial charge in [0.05, 0.1) is 25.6 Å². The van der Waals surface area contributed by atoms with Gasteiger partial charge in [0.25, 0.3) is 0 Å². The molecule has 2 heterocycles. The SMILES string of the molecule is COc1cc2c3c4c1-c1ccc(O)cc1C(CCC(C)CCSSC1C#CCc5c(cc(OC6CCCC6)c(O)c5OC)C(O2)C(O)C31)C4. The molecule has 3 aromatic rings. The van der Waals surface area contributed by atoms with Gasteiger partial charge in [0.1, 0.15) is 23.4 Å². The van der Waals surface area contributed by atoms with E-state index in [1.165, 1.54) is 0 Å². The summed E-state index contributed by atoms with van der Waals surface area (Å²) in [5.74, 6) is 10.7. The van der Waals surface area contributed by atoms with Crippen LogP contribution in [0.2, 0.25) is 0 Å². The molecule has 3 aromatic carbocycles. The highest BCUT2D eigenvalue weighted by Gasteiger charge is 2.47. The topological polar surface area (TPSA) is 97.6 Å². The minimum atomic E-state index is -0.938. The molecule has 1 saturated carbocycles. The molecule has 9 heteroatoms. The van der Waals surface area contributed by atoms with E-state index in [1.807, 2.05) is 35.1 Å². The molecule has 0 spiro atoms. The lowest BCUT2D eigenvalue weighted by Gasteiger charge is -2.42. The fraction of sp³-hybridized carbons (Fsp3) is 0.500. The normalized spacial score (nSPS) is 27.3. The number of benzene rings is 3. The second-order valence-electron chi connectivity index (χ2n) is 14.2. The maximum absolute atomic E-state index is 12.7. The van der Waals surface area contributed by atoms with Crippen molar-refractivity contribution < 1.29 is 34.3 Å². The first-order valence-electron chi connectivity index (χ1n) is 17.6. The van der Waals surface area contributed by atoms with Crippen molar-refractivity contribution in [2.75, 3.05) is 20.0 Å². The Morgan fingerprint density at radius 1 is 0.918 bits per heavy atom. The number of aromatic hydroxyl groups is 2. The minimum absolute atomic E-state index is 0.0205. The maximum atomic E-state index is 12.7. The first kappa shape index (κ1) is 32.9. The molecular weight excluding hydrogens is 657 g/mol. The zero-order valence-corrected chi connectivity index (χ0v) is 29.9. The maximum Gasteiger partial charge on any atom is 0.201 e. The Labute approximate surface area is 296 Å². The van der Waals surface area contributed by atoms with Gasteiger partial charge in [0, 0.05) is 46.4 Å². The summed E-state index contributed by atoms with van der Waals surface area (Å²) < 4.78 is 25.3. The number of methoxy groups -OCH3 is 2. The third-order valence-electron chi connectivity index (χ3n) is 11.3. The predicted octanol–water partition coefficient (Wildman–Crippen LogP) is 8.45. The van der Waals surface area contributed by atoms with Crippen molar-refractivity contribution in [3.8, 4) is 57.5 Å². The van der Waals surface area contributed by atoms with E-state index in [1.54, 1.807) is 31.1 Å². The standard InChI is InChI=1S/C40H44O7S2/c1-21-11-12-22-17-29-34(25-14-13-23(41)18-27(22)25)30(44-2)20-31-35(29)36-33(49-48-16-15-21)10-6-9-26-28(40(47-31)38(36)43)19-32(37(42)39(26)45-3)46-24-7-4-5-8-24/h13-14,18-22,24,33,36,38,40-43H,4-5,7-9,11-12,15-17H2,1-3H3. The number of ether oxygens (including phenoxy) is 4. The first-order chi connectivity index (χ1) is 23.9. The van der Waals surface area contributed by atoms with Crippen molar-refractivity contribution in [2.45, 2.75) is 100 Å². The molecule has 3 N–H and O–H groups in total. The van der Waals surface area contributed by atoms with Crippen molar-refractivity contribution in [1.82, 2.24) is 0 Å². The van der Waals surface area contributed by atoms with Crippen LogP contribution in [-0.2, 0) is 12.8 Å². The van der Waals surface area contributed by atoms with E-state index in [4.69, 9.17) is 18.9 Å². The second kappa shape index (κ2) is 13.4. The molecule has 8 rings (SSSR count). The molecule has 3 aliphatic carbocycles. The fourth-order valence-corrected chi connectivity index (χ4v) is 11.5. The smallest absolute Gasteiger partial charge is 0.201 e. The Morgan fingerprint density at radius 3 is 2.55 bits per heavy atom. The number of phenols is 2. The molecule has 1 fully saturated rings. The van der Waals surface area contributed by atoms with E-state index in [0.29, 0.717) is 40.9 Å². The largest absolute Gasteiger partial charge is 0.508 e. The van der Waals surface area contributed by atoms with Crippen LogP contribution >= 0.6 is 21.6 Å². The van der Waals surface area contributed by atoms with Crippen LogP contribution in [0.5, 0.6) is 34.5 Å². The molecule has 49 heavy (non-hydrogen) atoms. The third kappa shape index (κ3) is 5.78. The average Bonchev–Trinajstić information content (AvgIpc) is 3.62. The summed E-state index contributed by atoms with van der Waals surface area (Å²) >= 11 is 0. The Bertz CT molecular complexity index is 1820. The lowest BCUT2D eigenvalue weighted by Crippen LogP contribution is -2.40. The summed E-state index contributed by atoms with van der Waals surface area (Å²) in [4.78, 5) is 0. The lowest BCUT2D eigenvalue weighted by atomic mass is 9.70. The summed E-state index contributed by atoms with van der Waals surface area (Å²) in [6.07, 6.45) is 6.68. The van der Waals surface area contributed by atoms with Crippen LogP contribution < -0.4 is 18.9 Å². The second-order valence-corrected chi connectivity index (χ2v) is 16.9. The Balaban J connectivity index is 1.35. The van der Waals surface area contributed by atoms with Crippen molar-refractivity contribution in [3.63, 3.8) is 0 Å². The highest BCUT2D eigenvalue weighted by molar-refractivity contribution is 8.77. The van der Waals surface area contributed by atoms with E-state index in [-0.39, 0.29) is 34.7 Å². The van der Waals surface area contributed by atoms with Crippen LogP contribution in [0, 0.1) is 17.8 Å². The third-order valence-corrected chi connectivity index (χ3v) is 13.9. The molecule has 7 nitrogen and oxygen atoms in total. The van der Waals surface area contributed by atoms with Crippen LogP contribution in [-0.4, -0.2) is 52.7 Å². The van der Waals surface area contributed by atoms with Crippen molar-refractivity contribution in [1.29, 1.82) is 0 Å². The monoisotopic (exact) mass is 700 g/mol.